The molecule has 2 atom stereocenters. The van der Waals surface area contributed by atoms with Gasteiger partial charge in [-0.25, -0.2) is 4.98 Å². The summed E-state index contributed by atoms with van der Waals surface area (Å²) in [5.74, 6) is 1.21. The number of nitrogens with one attached hydrogen (secondary N) is 1. The molecule has 1 aromatic heterocycles. The maximum Gasteiger partial charge on any atom is 0.268 e. The van der Waals surface area contributed by atoms with Crippen LogP contribution in [0.3, 0.4) is 0 Å². The number of likely N-dealkylation sites (tertiary alicyclic amines) is 1. The number of aromatic nitrogens is 1. The van der Waals surface area contributed by atoms with Crippen LogP contribution in [0.4, 0.5) is 10.9 Å². The summed E-state index contributed by atoms with van der Waals surface area (Å²) in [6, 6.07) is 0.972. The fraction of sp³-hybridized carbons (Fsp3) is 0.733. The standard InChI is InChI=1S/C15H22N4OS/c16-13-12(21-15(18-13)17-10-6-7-10)14(20)19-8-2-4-9-3-1-5-11(9)19/h9-11H,1-8,16H2,(H,17,18). The summed E-state index contributed by atoms with van der Waals surface area (Å²) in [4.78, 5) is 19.9. The number of rotatable bonds is 3. The Hall–Kier alpha value is -1.30. The number of carbonyl (C=O) groups is 1. The second-order valence-electron chi connectivity index (χ2n) is 6.55. The number of nitrogen functional groups attached to an aromatic ring is 1. The van der Waals surface area contributed by atoms with E-state index < -0.39 is 0 Å². The molecule has 5 nitrogen and oxygen atoms in total. The Balaban J connectivity index is 1.54. The lowest BCUT2D eigenvalue weighted by Gasteiger charge is -2.37. The molecule has 2 saturated carbocycles. The average Bonchev–Trinajstić information content (AvgIpc) is 3.02. The average molecular weight is 306 g/mol. The molecule has 0 radical (unpaired) electrons. The van der Waals surface area contributed by atoms with Gasteiger partial charge in [0.1, 0.15) is 10.7 Å². The molecule has 2 heterocycles. The molecule has 2 unspecified atom stereocenters. The SMILES string of the molecule is Nc1nc(NC2CC2)sc1C(=O)N1CCCC2CCCC21. The van der Waals surface area contributed by atoms with Crippen molar-refractivity contribution >= 4 is 28.2 Å². The summed E-state index contributed by atoms with van der Waals surface area (Å²) in [5, 5.41) is 4.14. The van der Waals surface area contributed by atoms with Gasteiger partial charge in [-0.3, -0.25) is 4.79 Å². The van der Waals surface area contributed by atoms with Crippen LogP contribution in [0.2, 0.25) is 0 Å². The van der Waals surface area contributed by atoms with Gasteiger partial charge in [-0.05, 0) is 44.4 Å². The lowest BCUT2D eigenvalue weighted by atomic mass is 9.92. The highest BCUT2D eigenvalue weighted by molar-refractivity contribution is 7.18. The van der Waals surface area contributed by atoms with Crippen molar-refractivity contribution in [2.45, 2.75) is 57.0 Å². The number of fused-ring (bicyclic) bond motifs is 1. The number of piperidine rings is 1. The van der Waals surface area contributed by atoms with E-state index in [0.717, 1.165) is 24.5 Å². The van der Waals surface area contributed by atoms with Crippen LogP contribution in [-0.2, 0) is 0 Å². The maximum atomic E-state index is 12.9. The Morgan fingerprint density at radius 2 is 2.05 bits per heavy atom. The van der Waals surface area contributed by atoms with Gasteiger partial charge < -0.3 is 16.0 Å². The van der Waals surface area contributed by atoms with E-state index in [-0.39, 0.29) is 5.91 Å². The third-order valence-corrected chi connectivity index (χ3v) is 6.00. The first kappa shape index (κ1) is 13.4. The van der Waals surface area contributed by atoms with Crippen molar-refractivity contribution in [3.63, 3.8) is 0 Å². The quantitative estimate of drug-likeness (QED) is 0.900. The number of nitrogens with zero attached hydrogens (tertiary/aromatic N) is 2. The monoisotopic (exact) mass is 306 g/mol. The van der Waals surface area contributed by atoms with Gasteiger partial charge in [-0.2, -0.15) is 0 Å². The molecule has 3 N–H and O–H groups in total. The first-order valence-electron chi connectivity index (χ1n) is 8.06. The zero-order chi connectivity index (χ0) is 14.4. The summed E-state index contributed by atoms with van der Waals surface area (Å²) >= 11 is 1.43. The van der Waals surface area contributed by atoms with Crippen molar-refractivity contribution in [2.24, 2.45) is 5.92 Å². The van der Waals surface area contributed by atoms with Crippen molar-refractivity contribution in [1.29, 1.82) is 0 Å². The summed E-state index contributed by atoms with van der Waals surface area (Å²) in [5.41, 5.74) is 5.99. The topological polar surface area (TPSA) is 71.2 Å². The Morgan fingerprint density at radius 3 is 2.86 bits per heavy atom. The Bertz CT molecular complexity index is 554. The normalized spacial score (nSPS) is 28.5. The molecule has 3 fully saturated rings. The van der Waals surface area contributed by atoms with Crippen molar-refractivity contribution in [1.82, 2.24) is 9.88 Å². The molecule has 1 saturated heterocycles. The van der Waals surface area contributed by atoms with Crippen molar-refractivity contribution in [3.8, 4) is 0 Å². The third-order valence-electron chi connectivity index (χ3n) is 5.01. The van der Waals surface area contributed by atoms with Crippen molar-refractivity contribution in [3.05, 3.63) is 4.88 Å². The number of thiazole rings is 1. The largest absolute Gasteiger partial charge is 0.382 e. The van der Waals surface area contributed by atoms with E-state index in [4.69, 9.17) is 5.73 Å². The maximum absolute atomic E-state index is 12.9. The molecule has 0 aromatic carbocycles. The van der Waals surface area contributed by atoms with E-state index >= 15 is 0 Å². The number of hydrogen-bond acceptors (Lipinski definition) is 5. The first-order chi connectivity index (χ1) is 10.2. The number of carbonyl (C=O) groups excluding carboxylic acids is 1. The van der Waals surface area contributed by atoms with Gasteiger partial charge in [-0.15, -0.1) is 0 Å². The van der Waals surface area contributed by atoms with E-state index in [1.165, 1.54) is 43.4 Å². The number of hydrogen-bond donors (Lipinski definition) is 2. The number of anilines is 2. The van der Waals surface area contributed by atoms with Gasteiger partial charge in [0.15, 0.2) is 5.13 Å². The van der Waals surface area contributed by atoms with Gasteiger partial charge in [0.05, 0.1) is 0 Å². The third kappa shape index (κ3) is 2.50. The smallest absolute Gasteiger partial charge is 0.268 e. The molecule has 6 heteroatoms. The summed E-state index contributed by atoms with van der Waals surface area (Å²) < 4.78 is 0. The zero-order valence-electron chi connectivity index (χ0n) is 12.2. The van der Waals surface area contributed by atoms with E-state index in [2.05, 4.69) is 15.2 Å². The van der Waals surface area contributed by atoms with Crippen LogP contribution >= 0.6 is 11.3 Å². The summed E-state index contributed by atoms with van der Waals surface area (Å²) in [7, 11) is 0. The highest BCUT2D eigenvalue weighted by Crippen LogP contribution is 2.39. The molecule has 1 amide bonds. The van der Waals surface area contributed by atoms with E-state index in [9.17, 15) is 4.79 Å². The second-order valence-corrected chi connectivity index (χ2v) is 7.55. The predicted octanol–water partition coefficient (Wildman–Crippen LogP) is 2.70. The minimum absolute atomic E-state index is 0.102. The molecule has 0 bridgehead atoms. The highest BCUT2D eigenvalue weighted by Gasteiger charge is 2.38. The predicted molar refractivity (Wildman–Crippen MR) is 84.6 cm³/mol. The van der Waals surface area contributed by atoms with Crippen LogP contribution in [0.25, 0.3) is 0 Å². The zero-order valence-corrected chi connectivity index (χ0v) is 13.0. The molecular formula is C15H22N4OS. The van der Waals surface area contributed by atoms with Crippen LogP contribution in [0, 0.1) is 5.92 Å². The van der Waals surface area contributed by atoms with Gasteiger partial charge in [-0.1, -0.05) is 17.8 Å². The highest BCUT2D eigenvalue weighted by atomic mass is 32.1. The second kappa shape index (κ2) is 5.16. The molecule has 114 valence electrons. The van der Waals surface area contributed by atoms with Gasteiger partial charge in [0, 0.05) is 18.6 Å². The molecule has 3 aliphatic rings. The van der Waals surface area contributed by atoms with Crippen molar-refractivity contribution in [2.75, 3.05) is 17.6 Å². The molecule has 2 aliphatic carbocycles. The Morgan fingerprint density at radius 1 is 1.24 bits per heavy atom. The van der Waals surface area contributed by atoms with Crippen LogP contribution in [0.15, 0.2) is 0 Å². The summed E-state index contributed by atoms with van der Waals surface area (Å²) in [6.07, 6.45) is 8.48. The van der Waals surface area contributed by atoms with E-state index in [0.29, 0.717) is 28.7 Å². The van der Waals surface area contributed by atoms with E-state index in [1.807, 2.05) is 0 Å². The lowest BCUT2D eigenvalue weighted by Crippen LogP contribution is -2.46. The van der Waals surface area contributed by atoms with Crippen LogP contribution in [0.5, 0.6) is 0 Å². The first-order valence-corrected chi connectivity index (χ1v) is 8.88. The van der Waals surface area contributed by atoms with Gasteiger partial charge in [0.25, 0.3) is 5.91 Å². The summed E-state index contributed by atoms with van der Waals surface area (Å²) in [6.45, 7) is 0.878. The molecule has 1 aliphatic heterocycles. The minimum Gasteiger partial charge on any atom is -0.382 e. The molecule has 1 aromatic rings. The molecule has 21 heavy (non-hydrogen) atoms. The molecule has 0 spiro atoms. The van der Waals surface area contributed by atoms with Crippen LogP contribution in [0.1, 0.15) is 54.6 Å². The minimum atomic E-state index is 0.102. The van der Waals surface area contributed by atoms with Crippen LogP contribution in [-0.4, -0.2) is 34.4 Å². The number of amides is 1. The fourth-order valence-electron chi connectivity index (χ4n) is 3.79. The number of nitrogens with two attached hydrogens (primary N) is 1. The van der Waals surface area contributed by atoms with Crippen molar-refractivity contribution < 1.29 is 4.79 Å². The molecule has 4 rings (SSSR count). The lowest BCUT2D eigenvalue weighted by molar-refractivity contribution is 0.0554. The molecular weight excluding hydrogens is 284 g/mol. The van der Waals surface area contributed by atoms with E-state index in [1.54, 1.807) is 0 Å². The van der Waals surface area contributed by atoms with Crippen LogP contribution < -0.4 is 11.1 Å². The Kier molecular flexibility index (Phi) is 3.28. The van der Waals surface area contributed by atoms with Gasteiger partial charge in [0.2, 0.25) is 0 Å². The Labute approximate surface area is 128 Å². The van der Waals surface area contributed by atoms with Gasteiger partial charge >= 0.3 is 0 Å². The fourth-order valence-corrected chi connectivity index (χ4v) is 4.70.